The summed E-state index contributed by atoms with van der Waals surface area (Å²) in [5, 5.41) is 3.34. The molecule has 0 saturated carbocycles. The predicted octanol–water partition coefficient (Wildman–Crippen LogP) is 1.23. The van der Waals surface area contributed by atoms with Crippen LogP contribution in [0.25, 0.3) is 0 Å². The quantitative estimate of drug-likeness (QED) is 0.683. The Morgan fingerprint density at radius 1 is 1.14 bits per heavy atom. The largest absolute Gasteiger partial charge is 0.333 e. The molecule has 14 heavy (non-hydrogen) atoms. The molecule has 0 atom stereocenters. The number of piperazine rings is 1. The highest BCUT2D eigenvalue weighted by Gasteiger charge is 2.16. The SMILES string of the molecule is CCOP(CN1CCNCC1)OCC. The van der Waals surface area contributed by atoms with Crippen LogP contribution in [0.2, 0.25) is 0 Å². The zero-order valence-electron chi connectivity index (χ0n) is 9.16. The summed E-state index contributed by atoms with van der Waals surface area (Å²) in [4.78, 5) is 2.41. The Morgan fingerprint density at radius 3 is 2.21 bits per heavy atom. The molecule has 0 spiro atoms. The topological polar surface area (TPSA) is 33.7 Å². The number of nitrogens with zero attached hydrogens (tertiary/aromatic N) is 1. The second kappa shape index (κ2) is 7.55. The van der Waals surface area contributed by atoms with Gasteiger partial charge in [-0.2, -0.15) is 0 Å². The van der Waals surface area contributed by atoms with E-state index in [4.69, 9.17) is 9.05 Å². The lowest BCUT2D eigenvalue weighted by Gasteiger charge is -2.29. The van der Waals surface area contributed by atoms with Crippen LogP contribution in [-0.2, 0) is 9.05 Å². The molecule has 1 aliphatic rings. The lowest BCUT2D eigenvalue weighted by atomic mass is 10.4. The maximum atomic E-state index is 5.57. The lowest BCUT2D eigenvalue weighted by Crippen LogP contribution is -2.43. The first-order valence-corrected chi connectivity index (χ1v) is 6.69. The molecule has 1 aliphatic heterocycles. The van der Waals surface area contributed by atoms with Gasteiger partial charge < -0.3 is 14.4 Å². The minimum absolute atomic E-state index is 0.686. The monoisotopic (exact) mass is 220 g/mol. The van der Waals surface area contributed by atoms with Crippen LogP contribution < -0.4 is 5.32 Å². The fourth-order valence-corrected chi connectivity index (χ4v) is 2.85. The summed E-state index contributed by atoms with van der Waals surface area (Å²) < 4.78 is 11.1. The molecule has 5 heteroatoms. The zero-order valence-corrected chi connectivity index (χ0v) is 10.1. The first-order valence-electron chi connectivity index (χ1n) is 5.33. The van der Waals surface area contributed by atoms with Crippen molar-refractivity contribution in [1.82, 2.24) is 10.2 Å². The molecular formula is C9H21N2O2P. The molecule has 0 bridgehead atoms. The Morgan fingerprint density at radius 2 is 1.71 bits per heavy atom. The Labute approximate surface area is 87.9 Å². The summed E-state index contributed by atoms with van der Waals surface area (Å²) in [5.74, 6) is 0. The van der Waals surface area contributed by atoms with E-state index in [1.807, 2.05) is 13.8 Å². The molecule has 84 valence electrons. The van der Waals surface area contributed by atoms with Crippen LogP contribution in [-0.4, -0.2) is 50.6 Å². The van der Waals surface area contributed by atoms with Crippen molar-refractivity contribution in [2.45, 2.75) is 13.8 Å². The van der Waals surface area contributed by atoms with Gasteiger partial charge in [0.15, 0.2) is 8.38 Å². The Bertz CT molecular complexity index is 137. The molecular weight excluding hydrogens is 199 g/mol. The van der Waals surface area contributed by atoms with Gasteiger partial charge in [-0.05, 0) is 13.8 Å². The highest BCUT2D eigenvalue weighted by Crippen LogP contribution is 2.38. The molecule has 1 fully saturated rings. The number of nitrogens with one attached hydrogen (secondary N) is 1. The van der Waals surface area contributed by atoms with E-state index in [-0.39, 0.29) is 0 Å². The van der Waals surface area contributed by atoms with Crippen molar-refractivity contribution < 1.29 is 9.05 Å². The van der Waals surface area contributed by atoms with Crippen LogP contribution in [0.4, 0.5) is 0 Å². The van der Waals surface area contributed by atoms with E-state index in [9.17, 15) is 0 Å². The average Bonchev–Trinajstić information content (AvgIpc) is 2.20. The summed E-state index contributed by atoms with van der Waals surface area (Å²) in [6, 6.07) is 0. The van der Waals surface area contributed by atoms with Crippen LogP contribution in [0.15, 0.2) is 0 Å². The van der Waals surface area contributed by atoms with Crippen LogP contribution in [0.3, 0.4) is 0 Å². The van der Waals surface area contributed by atoms with Crippen molar-refractivity contribution in [2.24, 2.45) is 0 Å². The first kappa shape index (κ1) is 12.3. The van der Waals surface area contributed by atoms with E-state index >= 15 is 0 Å². The smallest absolute Gasteiger partial charge is 0.185 e. The molecule has 0 amide bonds. The van der Waals surface area contributed by atoms with Gasteiger partial charge in [0.05, 0.1) is 19.5 Å². The molecule has 0 aromatic carbocycles. The number of rotatable bonds is 6. The summed E-state index contributed by atoms with van der Waals surface area (Å²) in [6.45, 7) is 9.93. The second-order valence-corrected chi connectivity index (χ2v) is 4.64. The Kier molecular flexibility index (Phi) is 6.65. The highest BCUT2D eigenvalue weighted by atomic mass is 31.2. The van der Waals surface area contributed by atoms with Gasteiger partial charge in [0.1, 0.15) is 0 Å². The maximum absolute atomic E-state index is 5.57. The summed E-state index contributed by atoms with van der Waals surface area (Å²) in [7, 11) is -0.686. The lowest BCUT2D eigenvalue weighted by molar-refractivity contribution is 0.225. The van der Waals surface area contributed by atoms with Gasteiger partial charge in [-0.3, -0.25) is 4.90 Å². The fourth-order valence-electron chi connectivity index (χ4n) is 1.42. The summed E-state index contributed by atoms with van der Waals surface area (Å²) >= 11 is 0. The maximum Gasteiger partial charge on any atom is 0.185 e. The molecule has 1 rings (SSSR count). The zero-order chi connectivity index (χ0) is 10.2. The van der Waals surface area contributed by atoms with Crippen LogP contribution in [0.5, 0.6) is 0 Å². The third-order valence-electron chi connectivity index (χ3n) is 2.07. The molecule has 0 aromatic rings. The Hall–Kier alpha value is 0.270. The van der Waals surface area contributed by atoms with Gasteiger partial charge in [-0.15, -0.1) is 0 Å². The van der Waals surface area contributed by atoms with E-state index in [0.29, 0.717) is 0 Å². The van der Waals surface area contributed by atoms with Crippen molar-refractivity contribution >= 4 is 8.38 Å². The molecule has 0 aromatic heterocycles. The van der Waals surface area contributed by atoms with Crippen molar-refractivity contribution in [3.05, 3.63) is 0 Å². The first-order chi connectivity index (χ1) is 6.86. The predicted molar refractivity (Wildman–Crippen MR) is 59.5 cm³/mol. The van der Waals surface area contributed by atoms with E-state index in [2.05, 4.69) is 10.2 Å². The normalized spacial score (nSPS) is 19.1. The molecule has 1 saturated heterocycles. The second-order valence-electron chi connectivity index (χ2n) is 3.18. The summed E-state index contributed by atoms with van der Waals surface area (Å²) in [5.41, 5.74) is 0. The van der Waals surface area contributed by atoms with Crippen molar-refractivity contribution in [2.75, 3.05) is 45.7 Å². The third kappa shape index (κ3) is 4.67. The molecule has 1 heterocycles. The minimum Gasteiger partial charge on any atom is -0.333 e. The fraction of sp³-hybridized carbons (Fsp3) is 1.00. The minimum atomic E-state index is -0.686. The van der Waals surface area contributed by atoms with E-state index in [0.717, 1.165) is 45.7 Å². The molecule has 0 unspecified atom stereocenters. The van der Waals surface area contributed by atoms with Crippen molar-refractivity contribution in [3.8, 4) is 0 Å². The van der Waals surface area contributed by atoms with Crippen LogP contribution in [0, 0.1) is 0 Å². The third-order valence-corrected chi connectivity index (χ3v) is 3.79. The van der Waals surface area contributed by atoms with Gasteiger partial charge in [-0.1, -0.05) is 0 Å². The average molecular weight is 220 g/mol. The van der Waals surface area contributed by atoms with Gasteiger partial charge in [0, 0.05) is 26.2 Å². The van der Waals surface area contributed by atoms with Crippen LogP contribution >= 0.6 is 8.38 Å². The van der Waals surface area contributed by atoms with Gasteiger partial charge >= 0.3 is 0 Å². The molecule has 0 radical (unpaired) electrons. The van der Waals surface area contributed by atoms with E-state index in [1.165, 1.54) is 0 Å². The van der Waals surface area contributed by atoms with Gasteiger partial charge in [0.25, 0.3) is 0 Å². The van der Waals surface area contributed by atoms with E-state index in [1.54, 1.807) is 0 Å². The van der Waals surface area contributed by atoms with Crippen LogP contribution in [0.1, 0.15) is 13.8 Å². The molecule has 4 nitrogen and oxygen atoms in total. The standard InChI is InChI=1S/C9H21N2O2P/c1-3-12-14(13-4-2)9-11-7-5-10-6-8-11/h10H,3-9H2,1-2H3. The number of hydrogen-bond donors (Lipinski definition) is 1. The molecule has 0 aliphatic carbocycles. The van der Waals surface area contributed by atoms with Gasteiger partial charge in [-0.25, -0.2) is 0 Å². The summed E-state index contributed by atoms with van der Waals surface area (Å²) in [6.07, 6.45) is 0.957. The van der Waals surface area contributed by atoms with E-state index < -0.39 is 8.38 Å². The number of hydrogen-bond acceptors (Lipinski definition) is 4. The van der Waals surface area contributed by atoms with Gasteiger partial charge in [0.2, 0.25) is 0 Å². The van der Waals surface area contributed by atoms with Crippen molar-refractivity contribution in [1.29, 1.82) is 0 Å². The Balaban J connectivity index is 2.21. The van der Waals surface area contributed by atoms with Crippen molar-refractivity contribution in [3.63, 3.8) is 0 Å². The highest BCUT2D eigenvalue weighted by molar-refractivity contribution is 7.47. The molecule has 1 N–H and O–H groups in total.